The summed E-state index contributed by atoms with van der Waals surface area (Å²) in [5.74, 6) is 0.903. The number of rotatable bonds is 2. The minimum absolute atomic E-state index is 0.669. The number of aromatic amines is 1. The van der Waals surface area contributed by atoms with Gasteiger partial charge < -0.3 is 14.8 Å². The van der Waals surface area contributed by atoms with E-state index in [1.54, 1.807) is 6.20 Å². The molecule has 0 amide bonds. The first-order chi connectivity index (χ1) is 10.3. The van der Waals surface area contributed by atoms with Gasteiger partial charge in [0.15, 0.2) is 5.17 Å². The van der Waals surface area contributed by atoms with Gasteiger partial charge in [0.25, 0.3) is 0 Å². The second kappa shape index (κ2) is 6.22. The molecule has 0 aliphatic carbocycles. The molecule has 2 N–H and O–H groups in total. The van der Waals surface area contributed by atoms with Gasteiger partial charge in [-0.3, -0.25) is 5.41 Å². The molecule has 0 bridgehead atoms. The van der Waals surface area contributed by atoms with Crippen molar-refractivity contribution in [3.8, 4) is 11.4 Å². The predicted molar refractivity (Wildman–Crippen MR) is 89.1 cm³/mol. The molecule has 1 saturated heterocycles. The van der Waals surface area contributed by atoms with Crippen molar-refractivity contribution in [2.75, 3.05) is 37.3 Å². The van der Waals surface area contributed by atoms with Gasteiger partial charge in [-0.25, -0.2) is 4.98 Å². The minimum atomic E-state index is 0.669. The van der Waals surface area contributed by atoms with E-state index in [4.69, 9.17) is 5.41 Å². The third kappa shape index (κ3) is 3.05. The first kappa shape index (κ1) is 14.0. The van der Waals surface area contributed by atoms with Gasteiger partial charge in [-0.1, -0.05) is 11.8 Å². The summed E-state index contributed by atoms with van der Waals surface area (Å²) in [7, 11) is 0. The maximum Gasteiger partial charge on any atom is 0.156 e. The van der Waals surface area contributed by atoms with Crippen LogP contribution in [0.1, 0.15) is 0 Å². The zero-order valence-corrected chi connectivity index (χ0v) is 12.9. The number of nitrogens with zero attached hydrogens (tertiary/aromatic N) is 3. The molecule has 0 saturated carbocycles. The number of piperazine rings is 1. The smallest absolute Gasteiger partial charge is 0.156 e. The average molecular weight is 301 g/mol. The number of anilines is 1. The molecule has 1 fully saturated rings. The zero-order valence-electron chi connectivity index (χ0n) is 12.0. The third-order valence-corrected chi connectivity index (χ3v) is 4.41. The molecular weight excluding hydrogens is 282 g/mol. The van der Waals surface area contributed by atoms with Crippen molar-refractivity contribution < 1.29 is 0 Å². The molecular formula is C15H19N5S. The van der Waals surface area contributed by atoms with Crippen molar-refractivity contribution in [1.29, 1.82) is 5.41 Å². The van der Waals surface area contributed by atoms with E-state index < -0.39 is 0 Å². The Bertz CT molecular complexity index is 585. The first-order valence-corrected chi connectivity index (χ1v) is 8.22. The van der Waals surface area contributed by atoms with Crippen molar-refractivity contribution >= 4 is 22.6 Å². The molecule has 1 aromatic heterocycles. The van der Waals surface area contributed by atoms with E-state index in [2.05, 4.69) is 44.0 Å². The topological polar surface area (TPSA) is 59.0 Å². The normalized spacial score (nSPS) is 15.3. The van der Waals surface area contributed by atoms with Crippen LogP contribution in [0.15, 0.2) is 36.7 Å². The molecule has 0 unspecified atom stereocenters. The Labute approximate surface area is 128 Å². The van der Waals surface area contributed by atoms with Crippen molar-refractivity contribution in [2.45, 2.75) is 0 Å². The Hall–Kier alpha value is -1.95. The van der Waals surface area contributed by atoms with Crippen molar-refractivity contribution in [1.82, 2.24) is 14.9 Å². The standard InChI is InChI=1S/C15H19N5S/c1-21-15(16)20-10-8-19(9-11-20)13-4-2-12(3-5-13)14-17-6-7-18-14/h2-7,16H,8-11H2,1H3,(H,17,18). The molecule has 2 aromatic rings. The lowest BCUT2D eigenvalue weighted by atomic mass is 10.1. The monoisotopic (exact) mass is 301 g/mol. The average Bonchev–Trinajstić information content (AvgIpc) is 3.09. The molecule has 1 aliphatic rings. The van der Waals surface area contributed by atoms with Gasteiger partial charge in [0.05, 0.1) is 0 Å². The van der Waals surface area contributed by atoms with Crippen molar-refractivity contribution in [2.24, 2.45) is 0 Å². The Balaban J connectivity index is 1.65. The summed E-state index contributed by atoms with van der Waals surface area (Å²) in [6.07, 6.45) is 5.56. The van der Waals surface area contributed by atoms with Gasteiger partial charge in [0.1, 0.15) is 5.82 Å². The Morgan fingerprint density at radius 3 is 2.48 bits per heavy atom. The number of thioether (sulfide) groups is 1. The molecule has 1 aliphatic heterocycles. The van der Waals surface area contributed by atoms with E-state index in [1.807, 2.05) is 12.5 Å². The number of hydrogen-bond acceptors (Lipinski definition) is 4. The fraction of sp³-hybridized carbons (Fsp3) is 0.333. The maximum absolute atomic E-state index is 7.87. The van der Waals surface area contributed by atoms with Crippen LogP contribution in [-0.2, 0) is 0 Å². The highest BCUT2D eigenvalue weighted by Crippen LogP contribution is 2.22. The second-order valence-electron chi connectivity index (χ2n) is 4.97. The van der Waals surface area contributed by atoms with Crippen LogP contribution in [0.4, 0.5) is 5.69 Å². The highest BCUT2D eigenvalue weighted by Gasteiger charge is 2.18. The zero-order chi connectivity index (χ0) is 14.7. The summed E-state index contributed by atoms with van der Waals surface area (Å²) in [6, 6.07) is 8.50. The molecule has 110 valence electrons. The fourth-order valence-electron chi connectivity index (χ4n) is 2.55. The van der Waals surface area contributed by atoms with Crippen LogP contribution in [0.2, 0.25) is 0 Å². The van der Waals surface area contributed by atoms with Gasteiger partial charge in [-0.05, 0) is 30.5 Å². The highest BCUT2D eigenvalue weighted by molar-refractivity contribution is 8.13. The summed E-state index contributed by atoms with van der Waals surface area (Å²) in [5, 5.41) is 8.54. The van der Waals surface area contributed by atoms with Crippen LogP contribution in [0.5, 0.6) is 0 Å². The summed E-state index contributed by atoms with van der Waals surface area (Å²) >= 11 is 1.51. The molecule has 0 atom stereocenters. The number of H-pyrrole nitrogens is 1. The van der Waals surface area contributed by atoms with Crippen LogP contribution in [-0.4, -0.2) is 52.5 Å². The van der Waals surface area contributed by atoms with Gasteiger partial charge in [0.2, 0.25) is 0 Å². The maximum atomic E-state index is 7.87. The van der Waals surface area contributed by atoms with Gasteiger partial charge >= 0.3 is 0 Å². The lowest BCUT2D eigenvalue weighted by molar-refractivity contribution is 0.390. The van der Waals surface area contributed by atoms with Crippen LogP contribution in [0, 0.1) is 5.41 Å². The Morgan fingerprint density at radius 2 is 1.90 bits per heavy atom. The quantitative estimate of drug-likeness (QED) is 0.661. The number of nitrogens with one attached hydrogen (secondary N) is 2. The molecule has 3 rings (SSSR count). The van der Waals surface area contributed by atoms with Gasteiger partial charge in [-0.2, -0.15) is 0 Å². The number of aromatic nitrogens is 2. The first-order valence-electron chi connectivity index (χ1n) is 7.00. The van der Waals surface area contributed by atoms with Crippen LogP contribution >= 0.6 is 11.8 Å². The lowest BCUT2D eigenvalue weighted by Gasteiger charge is -2.36. The number of benzene rings is 1. The van der Waals surface area contributed by atoms with E-state index in [0.717, 1.165) is 37.6 Å². The molecule has 21 heavy (non-hydrogen) atoms. The third-order valence-electron chi connectivity index (χ3n) is 3.76. The van der Waals surface area contributed by atoms with Crippen LogP contribution in [0.25, 0.3) is 11.4 Å². The Kier molecular flexibility index (Phi) is 4.15. The summed E-state index contributed by atoms with van der Waals surface area (Å²) in [4.78, 5) is 11.9. The number of amidine groups is 1. The van der Waals surface area contributed by atoms with E-state index in [9.17, 15) is 0 Å². The van der Waals surface area contributed by atoms with E-state index in [0.29, 0.717) is 5.17 Å². The molecule has 0 radical (unpaired) electrons. The summed E-state index contributed by atoms with van der Waals surface area (Å²) in [5.41, 5.74) is 2.34. The number of imidazole rings is 1. The highest BCUT2D eigenvalue weighted by atomic mass is 32.2. The van der Waals surface area contributed by atoms with Crippen molar-refractivity contribution in [3.05, 3.63) is 36.7 Å². The lowest BCUT2D eigenvalue weighted by Crippen LogP contribution is -2.47. The van der Waals surface area contributed by atoms with E-state index in [1.165, 1.54) is 17.4 Å². The van der Waals surface area contributed by atoms with Gasteiger partial charge in [-0.15, -0.1) is 0 Å². The molecule has 6 heteroatoms. The summed E-state index contributed by atoms with van der Waals surface area (Å²) < 4.78 is 0. The van der Waals surface area contributed by atoms with E-state index in [-0.39, 0.29) is 0 Å². The van der Waals surface area contributed by atoms with E-state index >= 15 is 0 Å². The van der Waals surface area contributed by atoms with Crippen LogP contribution in [0.3, 0.4) is 0 Å². The fourth-order valence-corrected chi connectivity index (χ4v) is 2.99. The molecule has 1 aromatic carbocycles. The largest absolute Gasteiger partial charge is 0.368 e. The molecule has 5 nitrogen and oxygen atoms in total. The van der Waals surface area contributed by atoms with Gasteiger partial charge in [0, 0.05) is 49.8 Å². The predicted octanol–water partition coefficient (Wildman–Crippen LogP) is 2.50. The summed E-state index contributed by atoms with van der Waals surface area (Å²) in [6.45, 7) is 3.76. The molecule has 0 spiro atoms. The Morgan fingerprint density at radius 1 is 1.19 bits per heavy atom. The molecule has 2 heterocycles. The SMILES string of the molecule is CSC(=N)N1CCN(c2ccc(-c3ncc[nH]3)cc2)CC1. The van der Waals surface area contributed by atoms with Crippen LogP contribution < -0.4 is 4.90 Å². The van der Waals surface area contributed by atoms with Crippen molar-refractivity contribution in [3.63, 3.8) is 0 Å². The second-order valence-corrected chi connectivity index (χ2v) is 5.76. The minimum Gasteiger partial charge on any atom is -0.368 e. The number of hydrogen-bond donors (Lipinski definition) is 2.